The number of epoxide rings is 2. The number of methoxy groups -OCH3 is 1. The number of nitrogens with one attached hydrogen (secondary N) is 1. The topological polar surface area (TPSA) is 124 Å². The molecule has 3 fully saturated rings. The summed E-state index contributed by atoms with van der Waals surface area (Å²) >= 11 is 1.30. The molecule has 3 aliphatic rings. The van der Waals surface area contributed by atoms with E-state index < -0.39 is 29.2 Å². The molecule has 2 saturated heterocycles. The summed E-state index contributed by atoms with van der Waals surface area (Å²) in [5.74, 6) is -0.824. The van der Waals surface area contributed by atoms with Crippen LogP contribution < -0.4 is 5.32 Å². The van der Waals surface area contributed by atoms with Gasteiger partial charge >= 0.3 is 5.97 Å². The fourth-order valence-electron chi connectivity index (χ4n) is 6.33. The Morgan fingerprint density at radius 2 is 1.89 bits per heavy atom. The van der Waals surface area contributed by atoms with E-state index >= 15 is 0 Å². The van der Waals surface area contributed by atoms with E-state index in [1.807, 2.05) is 26.8 Å². The molecule has 45 heavy (non-hydrogen) atoms. The lowest BCUT2D eigenvalue weighted by molar-refractivity contribution is -0.172. The summed E-state index contributed by atoms with van der Waals surface area (Å²) in [6.45, 7) is 12.5. The summed E-state index contributed by atoms with van der Waals surface area (Å²) in [7, 11) is 1.63. The van der Waals surface area contributed by atoms with Gasteiger partial charge in [-0.1, -0.05) is 38.5 Å². The number of esters is 1. The Morgan fingerprint density at radius 3 is 2.53 bits per heavy atom. The minimum atomic E-state index is -0.562. The van der Waals surface area contributed by atoms with Crippen LogP contribution in [0.15, 0.2) is 40.8 Å². The summed E-state index contributed by atoms with van der Waals surface area (Å²) in [6, 6.07) is 7.22. The highest BCUT2D eigenvalue weighted by Gasteiger charge is 2.72. The molecule has 0 radical (unpaired) electrons. The highest BCUT2D eigenvalue weighted by atomic mass is 32.2. The first-order valence-corrected chi connectivity index (χ1v) is 16.9. The number of carbonyl (C=O) groups is 4. The molecule has 0 aromatic heterocycles. The van der Waals surface area contributed by atoms with Crippen molar-refractivity contribution in [2.24, 2.45) is 11.3 Å². The SMILES string of the molecule is CO[C@@H]1[C@H](OC(=O)CC(=O)CSc2cccc(NC(=O)CCCC(=O)C(C)(C)C)c2)CC[C@]2(CO2)[C@H]1[C@@]1(C)O[C@@H]1CC=C(C)C. The summed E-state index contributed by atoms with van der Waals surface area (Å²) in [4.78, 5) is 50.9. The van der Waals surface area contributed by atoms with E-state index in [4.69, 9.17) is 18.9 Å². The first-order chi connectivity index (χ1) is 21.2. The average molecular weight is 644 g/mol. The number of rotatable bonds is 15. The minimum absolute atomic E-state index is 0.0557. The number of benzene rings is 1. The third kappa shape index (κ3) is 9.27. The van der Waals surface area contributed by atoms with Gasteiger partial charge in [0, 0.05) is 35.9 Å². The molecule has 2 heterocycles. The number of carbonyl (C=O) groups excluding carboxylic acids is 4. The quantitative estimate of drug-likeness (QED) is 0.0796. The molecule has 1 amide bonds. The maximum atomic E-state index is 12.9. The number of ether oxygens (including phenoxy) is 4. The van der Waals surface area contributed by atoms with Crippen molar-refractivity contribution < 1.29 is 38.1 Å². The zero-order chi connectivity index (χ0) is 33.0. The monoisotopic (exact) mass is 643 g/mol. The van der Waals surface area contributed by atoms with Crippen molar-refractivity contribution >= 4 is 40.9 Å². The van der Waals surface area contributed by atoms with E-state index in [1.54, 1.807) is 25.3 Å². The summed E-state index contributed by atoms with van der Waals surface area (Å²) < 4.78 is 24.0. The normalized spacial score (nSPS) is 28.7. The van der Waals surface area contributed by atoms with Crippen molar-refractivity contribution in [2.45, 2.75) is 121 Å². The fourth-order valence-corrected chi connectivity index (χ4v) is 7.14. The van der Waals surface area contributed by atoms with E-state index in [0.29, 0.717) is 31.6 Å². The molecule has 10 heteroatoms. The third-order valence-corrected chi connectivity index (χ3v) is 10.1. The molecule has 1 N–H and O–H groups in total. The lowest BCUT2D eigenvalue weighted by Crippen LogP contribution is -2.55. The van der Waals surface area contributed by atoms with Crippen molar-refractivity contribution in [3.05, 3.63) is 35.9 Å². The molecule has 1 aromatic rings. The fraction of sp³-hybridized carbons (Fsp3) is 0.657. The number of hydrogen-bond acceptors (Lipinski definition) is 9. The molecule has 1 aromatic carbocycles. The summed E-state index contributed by atoms with van der Waals surface area (Å²) in [5, 5.41) is 2.86. The number of amides is 1. The molecule has 1 aliphatic carbocycles. The van der Waals surface area contributed by atoms with Gasteiger partial charge in [-0.05, 0) is 64.7 Å². The van der Waals surface area contributed by atoms with E-state index in [1.165, 1.54) is 17.3 Å². The highest BCUT2D eigenvalue weighted by molar-refractivity contribution is 8.00. The molecule has 6 atom stereocenters. The first kappa shape index (κ1) is 35.3. The first-order valence-electron chi connectivity index (χ1n) is 15.9. The molecule has 0 bridgehead atoms. The van der Waals surface area contributed by atoms with Crippen LogP contribution in [0.3, 0.4) is 0 Å². The Labute approximate surface area is 271 Å². The molecule has 9 nitrogen and oxygen atoms in total. The van der Waals surface area contributed by atoms with Crippen LogP contribution in [0, 0.1) is 11.3 Å². The molecule has 0 unspecified atom stereocenters. The number of allylic oxidation sites excluding steroid dienone is 1. The highest BCUT2D eigenvalue weighted by Crippen LogP contribution is 2.59. The maximum Gasteiger partial charge on any atom is 0.313 e. The Morgan fingerprint density at radius 1 is 1.16 bits per heavy atom. The van der Waals surface area contributed by atoms with Crippen LogP contribution in [-0.4, -0.2) is 72.4 Å². The summed E-state index contributed by atoms with van der Waals surface area (Å²) in [5.41, 5.74) is 0.702. The van der Waals surface area contributed by atoms with Crippen molar-refractivity contribution in [1.82, 2.24) is 0 Å². The van der Waals surface area contributed by atoms with Crippen LogP contribution in [0.1, 0.15) is 86.5 Å². The second-order valence-electron chi connectivity index (χ2n) is 14.0. The van der Waals surface area contributed by atoms with Gasteiger partial charge in [-0.2, -0.15) is 0 Å². The third-order valence-electron chi connectivity index (χ3n) is 9.02. The van der Waals surface area contributed by atoms with Crippen LogP contribution in [-0.2, 0) is 38.1 Å². The van der Waals surface area contributed by atoms with Gasteiger partial charge in [0.1, 0.15) is 35.6 Å². The number of anilines is 1. The second-order valence-corrected chi connectivity index (χ2v) is 15.1. The number of ketones is 2. The van der Waals surface area contributed by atoms with Crippen molar-refractivity contribution in [2.75, 3.05) is 24.8 Å². The summed E-state index contributed by atoms with van der Waals surface area (Å²) in [6.07, 6.45) is 4.29. The lowest BCUT2D eigenvalue weighted by Gasteiger charge is -2.42. The zero-order valence-corrected chi connectivity index (χ0v) is 28.6. The molecule has 248 valence electrons. The van der Waals surface area contributed by atoms with Crippen LogP contribution in [0.2, 0.25) is 0 Å². The standard InChI is InChI=1S/C35H49NO8S/c1-22(2)14-15-28-34(6,44-28)32-31(41-7)26(16-17-35(32)21-42-35)43-30(40)19-24(37)20-45-25-11-8-10-23(18-25)36-29(39)13-9-12-27(38)33(3,4)5/h8,10-11,14,18,26,28,31-32H,9,12-13,15-17,19-21H2,1-7H3,(H,36,39)/t26-,28-,31-,32-,34+,35+/m1/s1. The molecule has 1 saturated carbocycles. The van der Waals surface area contributed by atoms with Gasteiger partial charge < -0.3 is 24.3 Å². The van der Waals surface area contributed by atoms with Gasteiger partial charge in [0.05, 0.1) is 24.4 Å². The average Bonchev–Trinajstić information content (AvgIpc) is 3.88. The van der Waals surface area contributed by atoms with Crippen molar-refractivity contribution in [3.63, 3.8) is 0 Å². The largest absolute Gasteiger partial charge is 0.459 e. The minimum Gasteiger partial charge on any atom is -0.459 e. The Bertz CT molecular complexity index is 1290. The van der Waals surface area contributed by atoms with Gasteiger partial charge in [0.25, 0.3) is 0 Å². The molecule has 1 spiro atoms. The van der Waals surface area contributed by atoms with Crippen molar-refractivity contribution in [1.29, 1.82) is 0 Å². The Balaban J connectivity index is 1.24. The molecular weight excluding hydrogens is 594 g/mol. The Hall–Kier alpha value is -2.53. The number of Topliss-reactive ketones (excluding diaryl/α,β-unsaturated/α-hetero) is 2. The van der Waals surface area contributed by atoms with E-state index in [2.05, 4.69) is 32.2 Å². The number of hydrogen-bond donors (Lipinski definition) is 1. The predicted octanol–water partition coefficient (Wildman–Crippen LogP) is 6.08. The number of thioether (sulfide) groups is 1. The van der Waals surface area contributed by atoms with Crippen LogP contribution >= 0.6 is 11.8 Å². The molecular formula is C35H49NO8S. The molecule has 2 aliphatic heterocycles. The Kier molecular flexibility index (Phi) is 11.4. The van der Waals surface area contributed by atoms with Crippen LogP contribution in [0.5, 0.6) is 0 Å². The van der Waals surface area contributed by atoms with Gasteiger partial charge in [0.2, 0.25) is 5.91 Å². The van der Waals surface area contributed by atoms with Gasteiger partial charge in [-0.25, -0.2) is 0 Å². The van der Waals surface area contributed by atoms with Gasteiger partial charge in [-0.3, -0.25) is 19.2 Å². The van der Waals surface area contributed by atoms with Crippen LogP contribution in [0.4, 0.5) is 5.69 Å². The second kappa shape index (κ2) is 14.5. The maximum absolute atomic E-state index is 12.9. The zero-order valence-electron chi connectivity index (χ0n) is 27.7. The van der Waals surface area contributed by atoms with E-state index in [-0.39, 0.29) is 53.7 Å². The molecule has 4 rings (SSSR count). The smallest absolute Gasteiger partial charge is 0.313 e. The van der Waals surface area contributed by atoms with Gasteiger partial charge in [-0.15, -0.1) is 11.8 Å². The lowest BCUT2D eigenvalue weighted by atomic mass is 9.68. The predicted molar refractivity (Wildman–Crippen MR) is 173 cm³/mol. The van der Waals surface area contributed by atoms with Crippen molar-refractivity contribution in [3.8, 4) is 0 Å². The van der Waals surface area contributed by atoms with Crippen LogP contribution in [0.25, 0.3) is 0 Å². The van der Waals surface area contributed by atoms with Gasteiger partial charge in [0.15, 0.2) is 5.78 Å². The van der Waals surface area contributed by atoms with E-state index in [0.717, 1.165) is 17.7 Å². The van der Waals surface area contributed by atoms with E-state index in [9.17, 15) is 19.2 Å².